The van der Waals surface area contributed by atoms with Crippen LogP contribution in [0.3, 0.4) is 0 Å². The molecule has 0 radical (unpaired) electrons. The van der Waals surface area contributed by atoms with Crippen LogP contribution in [0.2, 0.25) is 0 Å². The Hall–Kier alpha value is -2.18. The van der Waals surface area contributed by atoms with E-state index in [1.165, 1.54) is 16.8 Å². The van der Waals surface area contributed by atoms with E-state index in [9.17, 15) is 18.0 Å². The van der Waals surface area contributed by atoms with Crippen molar-refractivity contribution in [2.75, 3.05) is 0 Å². The SMILES string of the molecule is CCCc1c(C=O)nnn1-c1cccc(C(F)(F)F)c1. The second-order valence-electron chi connectivity index (χ2n) is 4.25. The lowest BCUT2D eigenvalue weighted by Crippen LogP contribution is -2.08. The number of aromatic nitrogens is 3. The molecule has 1 aromatic heterocycles. The first-order chi connectivity index (χ1) is 9.47. The zero-order valence-electron chi connectivity index (χ0n) is 10.7. The molecule has 1 aromatic carbocycles. The zero-order chi connectivity index (χ0) is 14.8. The Balaban J connectivity index is 2.51. The number of benzene rings is 1. The maximum absolute atomic E-state index is 12.7. The molecule has 0 N–H and O–H groups in total. The van der Waals surface area contributed by atoms with Crippen LogP contribution < -0.4 is 0 Å². The Morgan fingerprint density at radius 1 is 1.35 bits per heavy atom. The van der Waals surface area contributed by atoms with Gasteiger partial charge in [0.25, 0.3) is 0 Å². The summed E-state index contributed by atoms with van der Waals surface area (Å²) >= 11 is 0. The van der Waals surface area contributed by atoms with Crippen LogP contribution in [0.4, 0.5) is 13.2 Å². The van der Waals surface area contributed by atoms with Gasteiger partial charge in [0.2, 0.25) is 0 Å². The van der Waals surface area contributed by atoms with Crippen molar-refractivity contribution in [2.24, 2.45) is 0 Å². The average molecular weight is 283 g/mol. The van der Waals surface area contributed by atoms with Crippen LogP contribution in [0.5, 0.6) is 0 Å². The van der Waals surface area contributed by atoms with Crippen molar-refractivity contribution in [1.82, 2.24) is 15.0 Å². The van der Waals surface area contributed by atoms with E-state index in [-0.39, 0.29) is 11.4 Å². The van der Waals surface area contributed by atoms with Gasteiger partial charge in [-0.2, -0.15) is 13.2 Å². The highest BCUT2D eigenvalue weighted by Crippen LogP contribution is 2.30. The standard InChI is InChI=1S/C13H12F3N3O/c1-2-4-12-11(8-20)17-18-19(12)10-6-3-5-9(7-10)13(14,15)16/h3,5-8H,2,4H2,1H3. The first-order valence-electron chi connectivity index (χ1n) is 6.04. The van der Waals surface area contributed by atoms with Crippen molar-refractivity contribution in [3.05, 3.63) is 41.2 Å². The summed E-state index contributed by atoms with van der Waals surface area (Å²) in [7, 11) is 0. The average Bonchev–Trinajstić information content (AvgIpc) is 2.81. The Kier molecular flexibility index (Phi) is 3.87. The first kappa shape index (κ1) is 14.2. The molecule has 0 atom stereocenters. The molecule has 1 heterocycles. The van der Waals surface area contributed by atoms with Gasteiger partial charge in [-0.15, -0.1) is 5.10 Å². The van der Waals surface area contributed by atoms with Crippen LogP contribution in [0.1, 0.15) is 35.1 Å². The summed E-state index contributed by atoms with van der Waals surface area (Å²) in [4.78, 5) is 10.9. The number of carbonyl (C=O) groups excluding carboxylic acids is 1. The summed E-state index contributed by atoms with van der Waals surface area (Å²) in [6.07, 6.45) is -2.62. The molecule has 2 rings (SSSR count). The summed E-state index contributed by atoms with van der Waals surface area (Å²) in [6, 6.07) is 4.77. The van der Waals surface area contributed by atoms with Crippen LogP contribution in [-0.4, -0.2) is 21.3 Å². The number of rotatable bonds is 4. The van der Waals surface area contributed by atoms with E-state index in [1.54, 1.807) is 0 Å². The molecule has 0 aliphatic carbocycles. The van der Waals surface area contributed by atoms with E-state index in [1.807, 2.05) is 6.92 Å². The Morgan fingerprint density at radius 2 is 2.10 bits per heavy atom. The predicted molar refractivity (Wildman–Crippen MR) is 65.7 cm³/mol. The molecule has 0 saturated heterocycles. The van der Waals surface area contributed by atoms with Gasteiger partial charge in [-0.3, -0.25) is 4.79 Å². The number of nitrogens with zero attached hydrogens (tertiary/aromatic N) is 3. The molecule has 0 amide bonds. The molecule has 0 fully saturated rings. The third-order valence-electron chi connectivity index (χ3n) is 2.81. The van der Waals surface area contributed by atoms with Crippen LogP contribution in [0.25, 0.3) is 5.69 Å². The van der Waals surface area contributed by atoms with Crippen LogP contribution >= 0.6 is 0 Å². The molecule has 20 heavy (non-hydrogen) atoms. The quantitative estimate of drug-likeness (QED) is 0.810. The van der Waals surface area contributed by atoms with Crippen LogP contribution in [0.15, 0.2) is 24.3 Å². The first-order valence-corrected chi connectivity index (χ1v) is 6.04. The van der Waals surface area contributed by atoms with E-state index in [4.69, 9.17) is 0 Å². The molecule has 0 saturated carbocycles. The maximum atomic E-state index is 12.7. The molecular weight excluding hydrogens is 271 g/mol. The summed E-state index contributed by atoms with van der Waals surface area (Å²) in [5.74, 6) is 0. The fraction of sp³-hybridized carbons (Fsp3) is 0.308. The van der Waals surface area contributed by atoms with E-state index >= 15 is 0 Å². The highest BCUT2D eigenvalue weighted by atomic mass is 19.4. The molecule has 0 unspecified atom stereocenters. The van der Waals surface area contributed by atoms with Gasteiger partial charge in [-0.05, 0) is 24.6 Å². The summed E-state index contributed by atoms with van der Waals surface area (Å²) in [5.41, 5.74) is 0.149. The smallest absolute Gasteiger partial charge is 0.296 e. The molecule has 0 aliphatic rings. The fourth-order valence-corrected chi connectivity index (χ4v) is 1.90. The predicted octanol–water partition coefficient (Wildman–Crippen LogP) is 3.05. The lowest BCUT2D eigenvalue weighted by atomic mass is 10.1. The molecule has 4 nitrogen and oxygen atoms in total. The third-order valence-corrected chi connectivity index (χ3v) is 2.81. The topological polar surface area (TPSA) is 47.8 Å². The summed E-state index contributed by atoms with van der Waals surface area (Å²) in [6.45, 7) is 1.90. The van der Waals surface area contributed by atoms with Gasteiger partial charge in [0.1, 0.15) is 5.69 Å². The number of aldehydes is 1. The van der Waals surface area contributed by atoms with Gasteiger partial charge in [0, 0.05) is 0 Å². The van der Waals surface area contributed by atoms with Gasteiger partial charge in [-0.25, -0.2) is 4.68 Å². The largest absolute Gasteiger partial charge is 0.416 e. The van der Waals surface area contributed by atoms with Gasteiger partial charge < -0.3 is 0 Å². The van der Waals surface area contributed by atoms with Gasteiger partial charge >= 0.3 is 6.18 Å². The highest BCUT2D eigenvalue weighted by molar-refractivity contribution is 5.73. The van der Waals surface area contributed by atoms with Crippen molar-refractivity contribution >= 4 is 6.29 Å². The Bertz CT molecular complexity index is 620. The van der Waals surface area contributed by atoms with Crippen molar-refractivity contribution in [2.45, 2.75) is 25.9 Å². The van der Waals surface area contributed by atoms with Crippen LogP contribution in [0, 0.1) is 0 Å². The molecule has 0 aliphatic heterocycles. The van der Waals surface area contributed by atoms with Gasteiger partial charge in [0.05, 0.1) is 16.9 Å². The van der Waals surface area contributed by atoms with Gasteiger partial charge in [0.15, 0.2) is 6.29 Å². The van der Waals surface area contributed by atoms with Gasteiger partial charge in [-0.1, -0.05) is 24.6 Å². The fourth-order valence-electron chi connectivity index (χ4n) is 1.90. The minimum Gasteiger partial charge on any atom is -0.296 e. The van der Waals surface area contributed by atoms with Crippen molar-refractivity contribution in [3.8, 4) is 5.69 Å². The second-order valence-corrected chi connectivity index (χ2v) is 4.25. The highest BCUT2D eigenvalue weighted by Gasteiger charge is 2.30. The lowest BCUT2D eigenvalue weighted by molar-refractivity contribution is -0.137. The normalized spacial score (nSPS) is 11.6. The molecule has 106 valence electrons. The number of alkyl halides is 3. The van der Waals surface area contributed by atoms with E-state index in [2.05, 4.69) is 10.3 Å². The van der Waals surface area contributed by atoms with Crippen LogP contribution in [-0.2, 0) is 12.6 Å². The minimum absolute atomic E-state index is 0.157. The van der Waals surface area contributed by atoms with Crippen molar-refractivity contribution in [1.29, 1.82) is 0 Å². The Morgan fingerprint density at radius 3 is 2.70 bits per heavy atom. The third kappa shape index (κ3) is 2.71. The monoisotopic (exact) mass is 283 g/mol. The zero-order valence-corrected chi connectivity index (χ0v) is 10.7. The number of halogens is 3. The minimum atomic E-state index is -4.42. The number of hydrogen-bond donors (Lipinski definition) is 0. The second kappa shape index (κ2) is 5.44. The molecule has 7 heteroatoms. The molecule has 0 bridgehead atoms. The maximum Gasteiger partial charge on any atom is 0.416 e. The number of carbonyl (C=O) groups is 1. The lowest BCUT2D eigenvalue weighted by Gasteiger charge is -2.10. The number of hydrogen-bond acceptors (Lipinski definition) is 3. The Labute approximate surface area is 113 Å². The molecule has 2 aromatic rings. The van der Waals surface area contributed by atoms with Crippen molar-refractivity contribution in [3.63, 3.8) is 0 Å². The van der Waals surface area contributed by atoms with E-state index < -0.39 is 11.7 Å². The summed E-state index contributed by atoms with van der Waals surface area (Å²) in [5, 5.41) is 7.45. The molecular formula is C13H12F3N3O. The summed E-state index contributed by atoms with van der Waals surface area (Å²) < 4.78 is 39.4. The van der Waals surface area contributed by atoms with E-state index in [0.717, 1.165) is 18.6 Å². The van der Waals surface area contributed by atoms with E-state index in [0.29, 0.717) is 18.4 Å². The van der Waals surface area contributed by atoms with Crippen molar-refractivity contribution < 1.29 is 18.0 Å². The molecule has 0 spiro atoms.